The Hall–Kier alpha value is -2.04. The molecule has 2 aromatic rings. The Kier molecular flexibility index (Phi) is 3.97. The molecule has 20 heavy (non-hydrogen) atoms. The number of aromatic carboxylic acids is 1. The molecule has 2 aromatic carbocycles. The highest BCUT2D eigenvalue weighted by atomic mass is 35.5. The SMILES string of the molecule is NC(=O)c1cc(-c2ccc(C(=O)O)c(Cl)c2)ccc1Cl. The molecule has 0 heterocycles. The normalized spacial score (nSPS) is 10.3. The van der Waals surface area contributed by atoms with Crippen LogP contribution < -0.4 is 5.73 Å². The molecule has 0 aliphatic heterocycles. The van der Waals surface area contributed by atoms with Crippen molar-refractivity contribution in [3.8, 4) is 11.1 Å². The van der Waals surface area contributed by atoms with Gasteiger partial charge in [-0.05, 0) is 35.4 Å². The highest BCUT2D eigenvalue weighted by Gasteiger charge is 2.12. The maximum atomic E-state index is 11.2. The first-order valence-corrected chi connectivity index (χ1v) is 6.28. The fourth-order valence-corrected chi connectivity index (χ4v) is 2.23. The van der Waals surface area contributed by atoms with E-state index in [2.05, 4.69) is 0 Å². The molecule has 0 spiro atoms. The maximum Gasteiger partial charge on any atom is 0.337 e. The molecule has 4 nitrogen and oxygen atoms in total. The molecular formula is C14H9Cl2NO3. The van der Waals surface area contributed by atoms with Crippen LogP contribution in [0.5, 0.6) is 0 Å². The first kappa shape index (κ1) is 14.4. The third-order valence-corrected chi connectivity index (χ3v) is 3.41. The minimum absolute atomic E-state index is 0.0134. The number of carbonyl (C=O) groups excluding carboxylic acids is 1. The molecule has 0 fully saturated rings. The van der Waals surface area contributed by atoms with E-state index in [0.29, 0.717) is 11.1 Å². The van der Waals surface area contributed by atoms with Crippen LogP contribution in [-0.4, -0.2) is 17.0 Å². The molecule has 0 radical (unpaired) electrons. The quantitative estimate of drug-likeness (QED) is 0.911. The van der Waals surface area contributed by atoms with Gasteiger partial charge in [0.25, 0.3) is 0 Å². The first-order chi connectivity index (χ1) is 9.40. The summed E-state index contributed by atoms with van der Waals surface area (Å²) in [4.78, 5) is 22.1. The molecule has 0 atom stereocenters. The van der Waals surface area contributed by atoms with Crippen LogP contribution in [0, 0.1) is 0 Å². The lowest BCUT2D eigenvalue weighted by molar-refractivity contribution is 0.0697. The molecule has 0 aliphatic carbocycles. The number of carbonyl (C=O) groups is 2. The van der Waals surface area contributed by atoms with Gasteiger partial charge in [-0.1, -0.05) is 35.3 Å². The molecule has 0 aliphatic rings. The van der Waals surface area contributed by atoms with Gasteiger partial charge in [0.05, 0.1) is 21.2 Å². The smallest absolute Gasteiger partial charge is 0.337 e. The number of amides is 1. The highest BCUT2D eigenvalue weighted by Crippen LogP contribution is 2.28. The van der Waals surface area contributed by atoms with Crippen molar-refractivity contribution >= 4 is 35.1 Å². The monoisotopic (exact) mass is 309 g/mol. The fourth-order valence-electron chi connectivity index (χ4n) is 1.76. The summed E-state index contributed by atoms with van der Waals surface area (Å²) in [6, 6.07) is 9.30. The number of primary amides is 1. The van der Waals surface area contributed by atoms with Gasteiger partial charge >= 0.3 is 5.97 Å². The summed E-state index contributed by atoms with van der Waals surface area (Å²) in [6.07, 6.45) is 0. The number of carboxylic acid groups (broad SMARTS) is 1. The second-order valence-corrected chi connectivity index (χ2v) is 4.87. The predicted octanol–water partition coefficient (Wildman–Crippen LogP) is 3.46. The van der Waals surface area contributed by atoms with Crippen LogP contribution in [0.1, 0.15) is 20.7 Å². The molecule has 0 unspecified atom stereocenters. The van der Waals surface area contributed by atoms with Crippen LogP contribution in [0.25, 0.3) is 11.1 Å². The average molecular weight is 310 g/mol. The fraction of sp³-hybridized carbons (Fsp3) is 0. The van der Waals surface area contributed by atoms with E-state index in [1.165, 1.54) is 18.2 Å². The summed E-state index contributed by atoms with van der Waals surface area (Å²) < 4.78 is 0. The van der Waals surface area contributed by atoms with Gasteiger partial charge in [-0.15, -0.1) is 0 Å². The van der Waals surface area contributed by atoms with Crippen molar-refractivity contribution in [2.24, 2.45) is 5.73 Å². The van der Waals surface area contributed by atoms with Crippen LogP contribution in [0.4, 0.5) is 0 Å². The van der Waals surface area contributed by atoms with Crippen molar-refractivity contribution in [1.29, 1.82) is 0 Å². The third kappa shape index (κ3) is 2.76. The minimum Gasteiger partial charge on any atom is -0.478 e. The Morgan fingerprint density at radius 3 is 2.05 bits per heavy atom. The van der Waals surface area contributed by atoms with E-state index in [9.17, 15) is 9.59 Å². The molecule has 0 saturated carbocycles. The summed E-state index contributed by atoms with van der Waals surface area (Å²) in [5, 5.41) is 9.29. The van der Waals surface area contributed by atoms with E-state index in [4.69, 9.17) is 34.0 Å². The van der Waals surface area contributed by atoms with E-state index in [1.54, 1.807) is 18.2 Å². The van der Waals surface area contributed by atoms with E-state index in [1.807, 2.05) is 0 Å². The molecule has 3 N–H and O–H groups in total. The van der Waals surface area contributed by atoms with Crippen molar-refractivity contribution in [2.75, 3.05) is 0 Å². The van der Waals surface area contributed by atoms with Crippen LogP contribution >= 0.6 is 23.2 Å². The molecule has 6 heteroatoms. The summed E-state index contributed by atoms with van der Waals surface area (Å²) >= 11 is 11.8. The Morgan fingerprint density at radius 1 is 0.900 bits per heavy atom. The lowest BCUT2D eigenvalue weighted by atomic mass is 10.0. The topological polar surface area (TPSA) is 80.4 Å². The predicted molar refractivity (Wildman–Crippen MR) is 77.4 cm³/mol. The number of rotatable bonds is 3. The minimum atomic E-state index is -1.10. The van der Waals surface area contributed by atoms with Gasteiger partial charge in [0.1, 0.15) is 0 Å². The molecule has 102 valence electrons. The second kappa shape index (κ2) is 5.53. The van der Waals surface area contributed by atoms with Crippen molar-refractivity contribution in [2.45, 2.75) is 0 Å². The number of benzene rings is 2. The lowest BCUT2D eigenvalue weighted by Crippen LogP contribution is -2.11. The summed E-state index contributed by atoms with van der Waals surface area (Å²) in [6.45, 7) is 0. The zero-order valence-corrected chi connectivity index (χ0v) is 11.6. The van der Waals surface area contributed by atoms with E-state index < -0.39 is 11.9 Å². The van der Waals surface area contributed by atoms with Gasteiger partial charge in [-0.3, -0.25) is 4.79 Å². The Morgan fingerprint density at radius 2 is 1.50 bits per heavy atom. The zero-order chi connectivity index (χ0) is 14.9. The van der Waals surface area contributed by atoms with Crippen molar-refractivity contribution in [1.82, 2.24) is 0 Å². The zero-order valence-electron chi connectivity index (χ0n) is 10.1. The molecular weight excluding hydrogens is 301 g/mol. The van der Waals surface area contributed by atoms with Crippen molar-refractivity contribution in [3.63, 3.8) is 0 Å². The Balaban J connectivity index is 2.52. The highest BCUT2D eigenvalue weighted by molar-refractivity contribution is 6.34. The van der Waals surface area contributed by atoms with Gasteiger partial charge in [-0.25, -0.2) is 4.79 Å². The average Bonchev–Trinajstić information content (AvgIpc) is 2.38. The number of halogens is 2. The summed E-state index contributed by atoms with van der Waals surface area (Å²) in [5.74, 6) is -1.74. The van der Waals surface area contributed by atoms with E-state index >= 15 is 0 Å². The molecule has 0 bridgehead atoms. The lowest BCUT2D eigenvalue weighted by Gasteiger charge is -2.07. The van der Waals surface area contributed by atoms with Crippen molar-refractivity contribution < 1.29 is 14.7 Å². The molecule has 2 rings (SSSR count). The standard InChI is InChI=1S/C14H9Cl2NO3/c15-11-4-2-7(5-10(11)13(17)18)8-1-3-9(14(19)20)12(16)6-8/h1-6H,(H2,17,18)(H,19,20). The molecule has 0 saturated heterocycles. The van der Waals surface area contributed by atoms with Gasteiger partial charge < -0.3 is 10.8 Å². The number of hydrogen-bond donors (Lipinski definition) is 2. The van der Waals surface area contributed by atoms with Crippen LogP contribution in [0.2, 0.25) is 10.0 Å². The third-order valence-electron chi connectivity index (χ3n) is 2.76. The maximum absolute atomic E-state index is 11.2. The van der Waals surface area contributed by atoms with Gasteiger partial charge in [0.2, 0.25) is 5.91 Å². The van der Waals surface area contributed by atoms with Crippen LogP contribution in [0.15, 0.2) is 36.4 Å². The number of hydrogen-bond acceptors (Lipinski definition) is 2. The van der Waals surface area contributed by atoms with Gasteiger partial charge in [-0.2, -0.15) is 0 Å². The Labute approximate surface area is 124 Å². The van der Waals surface area contributed by atoms with E-state index in [-0.39, 0.29) is 21.2 Å². The van der Waals surface area contributed by atoms with Gasteiger partial charge in [0.15, 0.2) is 0 Å². The van der Waals surface area contributed by atoms with Crippen LogP contribution in [0.3, 0.4) is 0 Å². The number of carboxylic acids is 1. The first-order valence-electron chi connectivity index (χ1n) is 5.52. The largest absolute Gasteiger partial charge is 0.478 e. The molecule has 0 aromatic heterocycles. The van der Waals surface area contributed by atoms with Crippen LogP contribution in [-0.2, 0) is 0 Å². The molecule has 1 amide bonds. The van der Waals surface area contributed by atoms with E-state index in [0.717, 1.165) is 0 Å². The van der Waals surface area contributed by atoms with Crippen molar-refractivity contribution in [3.05, 3.63) is 57.6 Å². The second-order valence-electron chi connectivity index (χ2n) is 4.06. The number of nitrogens with two attached hydrogens (primary N) is 1. The Bertz CT molecular complexity index is 714. The summed E-state index contributed by atoms with van der Waals surface area (Å²) in [7, 11) is 0. The van der Waals surface area contributed by atoms with Gasteiger partial charge in [0, 0.05) is 0 Å². The summed E-state index contributed by atoms with van der Waals surface area (Å²) in [5.41, 5.74) is 6.77.